The maximum absolute atomic E-state index is 11.1. The zero-order valence-electron chi connectivity index (χ0n) is 13.0. The predicted octanol–water partition coefficient (Wildman–Crippen LogP) is 2.63. The van der Waals surface area contributed by atoms with Gasteiger partial charge in [0.05, 0.1) is 17.1 Å². The molecule has 0 bridgehead atoms. The third-order valence-corrected chi connectivity index (χ3v) is 2.91. The van der Waals surface area contributed by atoms with Gasteiger partial charge in [-0.25, -0.2) is 0 Å². The van der Waals surface area contributed by atoms with Gasteiger partial charge in [0.25, 0.3) is 0 Å². The first-order chi connectivity index (χ1) is 9.69. The highest BCUT2D eigenvalue weighted by atomic mass is 16.6. The van der Waals surface area contributed by atoms with E-state index >= 15 is 0 Å². The molecule has 0 saturated carbocycles. The summed E-state index contributed by atoms with van der Waals surface area (Å²) in [5.74, 6) is 0.234. The Labute approximate surface area is 125 Å². The van der Waals surface area contributed by atoms with Crippen LogP contribution in [0.25, 0.3) is 0 Å². The van der Waals surface area contributed by atoms with Crippen molar-refractivity contribution in [3.05, 3.63) is 33.9 Å². The summed E-state index contributed by atoms with van der Waals surface area (Å²) >= 11 is 0. The number of aliphatic hydroxyl groups is 1. The minimum Gasteiger partial charge on any atom is -0.487 e. The second-order valence-corrected chi connectivity index (χ2v) is 6.01. The van der Waals surface area contributed by atoms with E-state index in [1.54, 1.807) is 19.9 Å². The van der Waals surface area contributed by atoms with Crippen LogP contribution in [0.1, 0.15) is 39.7 Å². The predicted molar refractivity (Wildman–Crippen MR) is 81.5 cm³/mol. The SMILES string of the molecule is CC(C)NCc1ccc(OCCC(C)(C)O)c([N+](=O)[O-])c1. The summed E-state index contributed by atoms with van der Waals surface area (Å²) < 4.78 is 5.43. The topological polar surface area (TPSA) is 84.6 Å². The highest BCUT2D eigenvalue weighted by Gasteiger charge is 2.18. The lowest BCUT2D eigenvalue weighted by Gasteiger charge is -2.17. The quantitative estimate of drug-likeness (QED) is 0.569. The van der Waals surface area contributed by atoms with E-state index in [0.29, 0.717) is 19.0 Å². The van der Waals surface area contributed by atoms with Gasteiger partial charge in [-0.2, -0.15) is 0 Å². The van der Waals surface area contributed by atoms with Crippen molar-refractivity contribution in [2.45, 2.75) is 52.3 Å². The first-order valence-corrected chi connectivity index (χ1v) is 7.05. The van der Waals surface area contributed by atoms with Crippen LogP contribution in [0.4, 0.5) is 5.69 Å². The molecule has 2 N–H and O–H groups in total. The van der Waals surface area contributed by atoms with E-state index in [-0.39, 0.29) is 18.0 Å². The third kappa shape index (κ3) is 6.55. The molecule has 0 fully saturated rings. The van der Waals surface area contributed by atoms with Crippen LogP contribution >= 0.6 is 0 Å². The molecule has 21 heavy (non-hydrogen) atoms. The summed E-state index contributed by atoms with van der Waals surface area (Å²) in [5, 5.41) is 24.0. The number of hydrogen-bond acceptors (Lipinski definition) is 5. The lowest BCUT2D eigenvalue weighted by molar-refractivity contribution is -0.386. The molecule has 0 radical (unpaired) electrons. The zero-order chi connectivity index (χ0) is 16.0. The number of nitrogens with zero attached hydrogens (tertiary/aromatic N) is 1. The Morgan fingerprint density at radius 1 is 1.43 bits per heavy atom. The fraction of sp³-hybridized carbons (Fsp3) is 0.600. The molecule has 0 spiro atoms. The highest BCUT2D eigenvalue weighted by Crippen LogP contribution is 2.28. The Morgan fingerprint density at radius 3 is 2.62 bits per heavy atom. The molecule has 0 amide bonds. The molecule has 1 aromatic carbocycles. The molecule has 0 aliphatic heterocycles. The number of nitro groups is 1. The maximum Gasteiger partial charge on any atom is 0.311 e. The van der Waals surface area contributed by atoms with Crippen LogP contribution in [0.2, 0.25) is 0 Å². The highest BCUT2D eigenvalue weighted by molar-refractivity contribution is 5.48. The molecule has 118 valence electrons. The zero-order valence-corrected chi connectivity index (χ0v) is 13.0. The minimum atomic E-state index is -0.851. The van der Waals surface area contributed by atoms with Gasteiger partial charge in [-0.05, 0) is 25.5 Å². The summed E-state index contributed by atoms with van der Waals surface area (Å²) in [4.78, 5) is 10.7. The molecular formula is C15H24N2O4. The smallest absolute Gasteiger partial charge is 0.311 e. The molecule has 6 nitrogen and oxygen atoms in total. The van der Waals surface area contributed by atoms with Crippen molar-refractivity contribution in [1.29, 1.82) is 0 Å². The van der Waals surface area contributed by atoms with E-state index in [1.807, 2.05) is 19.9 Å². The van der Waals surface area contributed by atoms with Crippen LogP contribution in [0, 0.1) is 10.1 Å². The Kier molecular flexibility index (Phi) is 6.11. The van der Waals surface area contributed by atoms with Crippen LogP contribution < -0.4 is 10.1 Å². The van der Waals surface area contributed by atoms with Crippen LogP contribution in [0.5, 0.6) is 5.75 Å². The van der Waals surface area contributed by atoms with Crippen molar-refractivity contribution < 1.29 is 14.8 Å². The summed E-state index contributed by atoms with van der Waals surface area (Å²) in [6, 6.07) is 5.25. The van der Waals surface area contributed by atoms with Gasteiger partial charge < -0.3 is 15.2 Å². The van der Waals surface area contributed by atoms with E-state index < -0.39 is 10.5 Å². The van der Waals surface area contributed by atoms with E-state index in [9.17, 15) is 15.2 Å². The lowest BCUT2D eigenvalue weighted by Crippen LogP contribution is -2.22. The second-order valence-electron chi connectivity index (χ2n) is 6.01. The summed E-state index contributed by atoms with van der Waals surface area (Å²) in [6.45, 7) is 8.18. The first kappa shape index (κ1) is 17.4. The maximum atomic E-state index is 11.1. The van der Waals surface area contributed by atoms with Crippen molar-refractivity contribution in [3.63, 3.8) is 0 Å². The van der Waals surface area contributed by atoms with Crippen LogP contribution in [0.3, 0.4) is 0 Å². The molecule has 0 aliphatic rings. The number of hydrogen-bond donors (Lipinski definition) is 2. The van der Waals surface area contributed by atoms with E-state index in [1.165, 1.54) is 6.07 Å². The molecular weight excluding hydrogens is 272 g/mol. The van der Waals surface area contributed by atoms with Crippen molar-refractivity contribution in [3.8, 4) is 5.75 Å². The van der Waals surface area contributed by atoms with Crippen LogP contribution in [-0.4, -0.2) is 28.3 Å². The fourth-order valence-corrected chi connectivity index (χ4v) is 1.67. The van der Waals surface area contributed by atoms with Crippen molar-refractivity contribution >= 4 is 5.69 Å². The van der Waals surface area contributed by atoms with Crippen molar-refractivity contribution in [2.24, 2.45) is 0 Å². The fourth-order valence-electron chi connectivity index (χ4n) is 1.67. The van der Waals surface area contributed by atoms with Gasteiger partial charge in [-0.15, -0.1) is 0 Å². The molecule has 0 atom stereocenters. The molecule has 0 unspecified atom stereocenters. The van der Waals surface area contributed by atoms with Crippen molar-refractivity contribution in [2.75, 3.05) is 6.61 Å². The van der Waals surface area contributed by atoms with E-state index in [4.69, 9.17) is 4.74 Å². The Bertz CT molecular complexity index is 481. The number of nitrogens with one attached hydrogen (secondary N) is 1. The lowest BCUT2D eigenvalue weighted by atomic mass is 10.1. The Morgan fingerprint density at radius 2 is 2.10 bits per heavy atom. The summed E-state index contributed by atoms with van der Waals surface area (Å²) in [6.07, 6.45) is 0.404. The largest absolute Gasteiger partial charge is 0.487 e. The van der Waals surface area contributed by atoms with Gasteiger partial charge in [0, 0.05) is 25.1 Å². The van der Waals surface area contributed by atoms with Gasteiger partial charge in [0.1, 0.15) is 0 Å². The Hall–Kier alpha value is -1.66. The monoisotopic (exact) mass is 296 g/mol. The van der Waals surface area contributed by atoms with Gasteiger partial charge in [-0.3, -0.25) is 10.1 Å². The average Bonchev–Trinajstić information content (AvgIpc) is 2.35. The third-order valence-electron chi connectivity index (χ3n) is 2.91. The summed E-state index contributed by atoms with van der Waals surface area (Å²) in [5.41, 5.74) is -0.0605. The number of rotatable bonds is 8. The van der Waals surface area contributed by atoms with Gasteiger partial charge >= 0.3 is 5.69 Å². The molecule has 0 saturated heterocycles. The molecule has 1 rings (SSSR count). The Balaban J connectivity index is 2.77. The molecule has 1 aromatic rings. The molecule has 0 aromatic heterocycles. The molecule has 6 heteroatoms. The molecule has 0 aliphatic carbocycles. The number of benzene rings is 1. The van der Waals surface area contributed by atoms with E-state index in [0.717, 1.165) is 5.56 Å². The normalized spacial score (nSPS) is 11.7. The number of nitro benzene ring substituents is 1. The minimum absolute atomic E-state index is 0.0474. The van der Waals surface area contributed by atoms with Crippen LogP contribution in [0.15, 0.2) is 18.2 Å². The molecule has 0 heterocycles. The first-order valence-electron chi connectivity index (χ1n) is 7.05. The second kappa shape index (κ2) is 7.38. The van der Waals surface area contributed by atoms with Gasteiger partial charge in [0.2, 0.25) is 0 Å². The average molecular weight is 296 g/mol. The summed E-state index contributed by atoms with van der Waals surface area (Å²) in [7, 11) is 0. The van der Waals surface area contributed by atoms with Crippen LogP contribution in [-0.2, 0) is 6.54 Å². The standard InChI is InChI=1S/C15H24N2O4/c1-11(2)16-10-12-5-6-14(13(9-12)17(19)20)21-8-7-15(3,4)18/h5-6,9,11,16,18H,7-8,10H2,1-4H3. The van der Waals surface area contributed by atoms with Gasteiger partial charge in [0.15, 0.2) is 5.75 Å². The van der Waals surface area contributed by atoms with Crippen molar-refractivity contribution in [1.82, 2.24) is 5.32 Å². The van der Waals surface area contributed by atoms with E-state index in [2.05, 4.69) is 5.32 Å². The van der Waals surface area contributed by atoms with Gasteiger partial charge in [-0.1, -0.05) is 19.9 Å². The number of ether oxygens (including phenoxy) is 1.